The van der Waals surface area contributed by atoms with Crippen LogP contribution >= 0.6 is 22.7 Å². The molecule has 0 saturated carbocycles. The van der Waals surface area contributed by atoms with Gasteiger partial charge in [0, 0.05) is 22.4 Å². The lowest BCUT2D eigenvalue weighted by molar-refractivity contribution is 0.102. The fourth-order valence-corrected chi connectivity index (χ4v) is 7.50. The van der Waals surface area contributed by atoms with Crippen molar-refractivity contribution in [3.05, 3.63) is 96.1 Å². The molecule has 0 spiro atoms. The lowest BCUT2D eigenvalue weighted by Gasteiger charge is -2.05. The third-order valence-electron chi connectivity index (χ3n) is 6.03. The Morgan fingerprint density at radius 1 is 0.816 bits per heavy atom. The van der Waals surface area contributed by atoms with E-state index in [9.17, 15) is 17.8 Å². The number of nitrogens with zero attached hydrogens (tertiary/aromatic N) is 2. The zero-order valence-electron chi connectivity index (χ0n) is 19.9. The Morgan fingerprint density at radius 3 is 2.21 bits per heavy atom. The Hall–Kier alpha value is -3.96. The van der Waals surface area contributed by atoms with Crippen LogP contribution in [0.25, 0.3) is 41.6 Å². The number of rotatable bonds is 5. The summed E-state index contributed by atoms with van der Waals surface area (Å²) in [5.74, 6) is -0.167. The summed E-state index contributed by atoms with van der Waals surface area (Å²) in [5, 5.41) is 4.40. The van der Waals surface area contributed by atoms with E-state index in [0.29, 0.717) is 32.0 Å². The van der Waals surface area contributed by atoms with Gasteiger partial charge < -0.3 is 5.32 Å². The van der Waals surface area contributed by atoms with Crippen LogP contribution in [0.3, 0.4) is 0 Å². The third kappa shape index (κ3) is 4.59. The number of anilines is 1. The molecule has 0 saturated heterocycles. The Bertz CT molecular complexity index is 1950. The van der Waals surface area contributed by atoms with E-state index in [1.54, 1.807) is 31.2 Å². The van der Waals surface area contributed by atoms with Gasteiger partial charge in [0.25, 0.3) is 16.0 Å². The first kappa shape index (κ1) is 24.4. The first-order valence-electron chi connectivity index (χ1n) is 11.5. The predicted octanol–water partition coefficient (Wildman–Crippen LogP) is 7.05. The first-order valence-corrected chi connectivity index (χ1v) is 14.6. The SMILES string of the molecule is Cc1ccc2nc(-c3ccc4nc(-c5ccc(NC(=O)c6ccccc6)cc5)sc4c3)sc2c1S(=O)(=O)O. The van der Waals surface area contributed by atoms with Gasteiger partial charge in [-0.2, -0.15) is 8.42 Å². The van der Waals surface area contributed by atoms with Gasteiger partial charge in [0.15, 0.2) is 0 Å². The maximum absolute atomic E-state index is 12.4. The maximum Gasteiger partial charge on any atom is 0.296 e. The fraction of sp³-hybridized carbons (Fsp3) is 0.0357. The number of aryl methyl sites for hydroxylation is 1. The van der Waals surface area contributed by atoms with Crippen LogP contribution in [0.15, 0.2) is 89.8 Å². The molecule has 7 nitrogen and oxygen atoms in total. The molecule has 0 unspecified atom stereocenters. The molecule has 0 bridgehead atoms. The number of carbonyl (C=O) groups excluding carboxylic acids is 1. The summed E-state index contributed by atoms with van der Waals surface area (Å²) in [6, 6.07) is 25.8. The number of fused-ring (bicyclic) bond motifs is 2. The number of carbonyl (C=O) groups is 1. The van der Waals surface area contributed by atoms with Crippen LogP contribution in [0, 0.1) is 6.92 Å². The van der Waals surface area contributed by atoms with Gasteiger partial charge in [-0.25, -0.2) is 9.97 Å². The number of thiazole rings is 2. The molecule has 38 heavy (non-hydrogen) atoms. The summed E-state index contributed by atoms with van der Waals surface area (Å²) < 4.78 is 35.1. The van der Waals surface area contributed by atoms with Gasteiger partial charge in [-0.15, -0.1) is 22.7 Å². The minimum Gasteiger partial charge on any atom is -0.322 e. The molecule has 0 aliphatic rings. The van der Waals surface area contributed by atoms with E-state index in [-0.39, 0.29) is 10.8 Å². The van der Waals surface area contributed by atoms with E-state index >= 15 is 0 Å². The van der Waals surface area contributed by atoms with Crippen LogP contribution in [0.4, 0.5) is 5.69 Å². The Labute approximate surface area is 226 Å². The second-order valence-corrected chi connectivity index (χ2v) is 12.0. The van der Waals surface area contributed by atoms with Gasteiger partial charge in [-0.3, -0.25) is 9.35 Å². The molecule has 10 heteroatoms. The van der Waals surface area contributed by atoms with Crippen molar-refractivity contribution in [2.45, 2.75) is 11.8 Å². The monoisotopic (exact) mass is 557 g/mol. The van der Waals surface area contributed by atoms with Gasteiger partial charge >= 0.3 is 0 Å². The zero-order chi connectivity index (χ0) is 26.4. The summed E-state index contributed by atoms with van der Waals surface area (Å²) in [6.07, 6.45) is 0. The zero-order valence-corrected chi connectivity index (χ0v) is 22.3. The summed E-state index contributed by atoms with van der Waals surface area (Å²) in [6.45, 7) is 1.65. The van der Waals surface area contributed by atoms with Gasteiger partial charge in [0.1, 0.15) is 14.9 Å². The van der Waals surface area contributed by atoms with Crippen molar-refractivity contribution < 1.29 is 17.8 Å². The van der Waals surface area contributed by atoms with E-state index in [1.165, 1.54) is 22.7 Å². The van der Waals surface area contributed by atoms with Gasteiger partial charge in [0.2, 0.25) is 0 Å². The minimum atomic E-state index is -4.38. The second-order valence-electron chi connectivity index (χ2n) is 8.65. The molecule has 2 heterocycles. The average Bonchev–Trinajstić information content (AvgIpc) is 3.52. The second kappa shape index (κ2) is 9.41. The molecule has 4 aromatic carbocycles. The molecule has 6 aromatic rings. The Kier molecular flexibility index (Phi) is 6.04. The van der Waals surface area contributed by atoms with E-state index in [4.69, 9.17) is 4.98 Å². The van der Waals surface area contributed by atoms with Crippen LogP contribution in [-0.4, -0.2) is 28.8 Å². The van der Waals surface area contributed by atoms with Gasteiger partial charge in [-0.1, -0.05) is 24.3 Å². The predicted molar refractivity (Wildman–Crippen MR) is 153 cm³/mol. The van der Waals surface area contributed by atoms with Crippen molar-refractivity contribution in [3.8, 4) is 21.1 Å². The van der Waals surface area contributed by atoms with Crippen LogP contribution < -0.4 is 5.32 Å². The minimum absolute atomic E-state index is 0.0942. The largest absolute Gasteiger partial charge is 0.322 e. The Morgan fingerprint density at radius 2 is 1.47 bits per heavy atom. The third-order valence-corrected chi connectivity index (χ3v) is 9.40. The van der Waals surface area contributed by atoms with E-state index in [2.05, 4.69) is 10.3 Å². The molecular weight excluding hydrogens is 539 g/mol. The highest BCUT2D eigenvalue weighted by Crippen LogP contribution is 2.38. The molecule has 0 aliphatic heterocycles. The molecule has 0 fully saturated rings. The summed E-state index contributed by atoms with van der Waals surface area (Å²) in [7, 11) is -4.38. The summed E-state index contributed by atoms with van der Waals surface area (Å²) >= 11 is 2.77. The van der Waals surface area contributed by atoms with Crippen LogP contribution in [0.2, 0.25) is 0 Å². The first-order chi connectivity index (χ1) is 18.3. The highest BCUT2D eigenvalue weighted by atomic mass is 32.2. The number of benzene rings is 4. The van der Waals surface area contributed by atoms with E-state index in [1.807, 2.05) is 60.7 Å². The number of nitrogens with one attached hydrogen (secondary N) is 1. The molecule has 0 atom stereocenters. The molecule has 188 valence electrons. The quantitative estimate of drug-likeness (QED) is 0.220. The summed E-state index contributed by atoms with van der Waals surface area (Å²) in [5.41, 5.74) is 4.89. The fourth-order valence-electron chi connectivity index (χ4n) is 4.18. The van der Waals surface area contributed by atoms with Crippen LogP contribution in [-0.2, 0) is 10.1 Å². The average molecular weight is 558 g/mol. The number of hydrogen-bond donors (Lipinski definition) is 2. The van der Waals surface area contributed by atoms with Gasteiger partial charge in [0.05, 0.1) is 20.4 Å². The highest BCUT2D eigenvalue weighted by Gasteiger charge is 2.21. The van der Waals surface area contributed by atoms with Crippen molar-refractivity contribution in [1.29, 1.82) is 0 Å². The lowest BCUT2D eigenvalue weighted by atomic mass is 10.2. The van der Waals surface area contributed by atoms with Crippen molar-refractivity contribution in [2.75, 3.05) is 5.32 Å². The van der Waals surface area contributed by atoms with E-state index < -0.39 is 10.1 Å². The lowest BCUT2D eigenvalue weighted by Crippen LogP contribution is -2.11. The van der Waals surface area contributed by atoms with E-state index in [0.717, 1.165) is 26.4 Å². The molecule has 6 rings (SSSR count). The molecule has 2 N–H and O–H groups in total. The van der Waals surface area contributed by atoms with Crippen LogP contribution in [0.1, 0.15) is 15.9 Å². The molecule has 1 amide bonds. The molecular formula is C28H19N3O4S3. The van der Waals surface area contributed by atoms with Crippen LogP contribution in [0.5, 0.6) is 0 Å². The highest BCUT2D eigenvalue weighted by molar-refractivity contribution is 7.86. The number of hydrogen-bond acceptors (Lipinski definition) is 7. The number of aromatic nitrogens is 2. The summed E-state index contributed by atoms with van der Waals surface area (Å²) in [4.78, 5) is 21.7. The molecule has 0 radical (unpaired) electrons. The van der Waals surface area contributed by atoms with Crippen molar-refractivity contribution in [1.82, 2.24) is 9.97 Å². The topological polar surface area (TPSA) is 109 Å². The standard InChI is InChI=1S/C28H19N3O4S3/c1-16-7-13-22-24(25(16)38(33,34)35)37-28(31-22)19-10-14-21-23(15-19)36-27(30-21)18-8-11-20(12-9-18)29-26(32)17-5-3-2-4-6-17/h2-15H,1H3,(H,29,32)(H,33,34,35). The maximum atomic E-state index is 12.4. The van der Waals surface area contributed by atoms with Crippen molar-refractivity contribution in [2.24, 2.45) is 0 Å². The molecule has 0 aliphatic carbocycles. The van der Waals surface area contributed by atoms with Crippen molar-refractivity contribution in [3.63, 3.8) is 0 Å². The normalized spacial score (nSPS) is 11.7. The smallest absolute Gasteiger partial charge is 0.296 e. The molecule has 2 aromatic heterocycles. The van der Waals surface area contributed by atoms with Gasteiger partial charge in [-0.05, 0) is 73.2 Å². The van der Waals surface area contributed by atoms with Crippen molar-refractivity contribution >= 4 is 64.8 Å². The Balaban J connectivity index is 1.29. The number of amides is 1.